The maximum atomic E-state index is 9.35. The summed E-state index contributed by atoms with van der Waals surface area (Å²) in [6.45, 7) is 3.58. The first-order valence-corrected chi connectivity index (χ1v) is 6.67. The minimum Gasteiger partial charge on any atom is -0.506 e. The molecule has 0 aliphatic heterocycles. The Balaban J connectivity index is 1.94. The van der Waals surface area contributed by atoms with Crippen molar-refractivity contribution in [1.29, 1.82) is 0 Å². The minimum atomic E-state index is 0.117. The Bertz CT molecular complexity index is 566. The van der Waals surface area contributed by atoms with Crippen LogP contribution < -0.4 is 5.32 Å². The van der Waals surface area contributed by atoms with Gasteiger partial charge in [0.15, 0.2) is 0 Å². The molecule has 0 saturated carbocycles. The van der Waals surface area contributed by atoms with Crippen LogP contribution in [0.15, 0.2) is 24.4 Å². The molecule has 0 radical (unpaired) electrons. The molecule has 0 atom stereocenters. The number of phenolic OH excluding ortho intramolecular Hbond substituents is 1. The van der Waals surface area contributed by atoms with E-state index in [4.69, 9.17) is 11.6 Å². The highest BCUT2D eigenvalue weighted by molar-refractivity contribution is 6.32. The molecule has 0 amide bonds. The fourth-order valence-corrected chi connectivity index (χ4v) is 2.23. The number of hydrogen-bond acceptors (Lipinski definition) is 3. The van der Waals surface area contributed by atoms with Gasteiger partial charge in [-0.3, -0.25) is 4.68 Å². The fourth-order valence-electron chi connectivity index (χ4n) is 2.03. The van der Waals surface area contributed by atoms with E-state index in [0.717, 1.165) is 24.2 Å². The van der Waals surface area contributed by atoms with E-state index in [1.165, 1.54) is 5.56 Å². The van der Waals surface area contributed by atoms with Gasteiger partial charge < -0.3 is 10.4 Å². The summed E-state index contributed by atoms with van der Waals surface area (Å²) in [5.74, 6) is 0.117. The average Bonchev–Trinajstić information content (AvgIpc) is 2.74. The molecule has 2 aromatic rings. The van der Waals surface area contributed by atoms with Gasteiger partial charge in [-0.15, -0.1) is 0 Å². The number of hydrogen-bond donors (Lipinski definition) is 2. The molecule has 1 heterocycles. The Morgan fingerprint density at radius 3 is 2.84 bits per heavy atom. The van der Waals surface area contributed by atoms with Gasteiger partial charge in [0.05, 0.1) is 10.7 Å². The van der Waals surface area contributed by atoms with Crippen molar-refractivity contribution in [1.82, 2.24) is 15.1 Å². The van der Waals surface area contributed by atoms with Gasteiger partial charge in [0.25, 0.3) is 0 Å². The lowest BCUT2D eigenvalue weighted by molar-refractivity contribution is 0.475. The van der Waals surface area contributed by atoms with Crippen molar-refractivity contribution in [3.05, 3.63) is 46.2 Å². The molecule has 4 nitrogen and oxygen atoms in total. The first kappa shape index (κ1) is 13.9. The quantitative estimate of drug-likeness (QED) is 0.885. The minimum absolute atomic E-state index is 0.117. The third-order valence-electron chi connectivity index (χ3n) is 2.98. The fraction of sp³-hybridized carbons (Fsp3) is 0.357. The van der Waals surface area contributed by atoms with Crippen molar-refractivity contribution in [2.45, 2.75) is 26.4 Å². The van der Waals surface area contributed by atoms with Gasteiger partial charge in [0.1, 0.15) is 5.75 Å². The van der Waals surface area contributed by atoms with Gasteiger partial charge in [-0.25, -0.2) is 0 Å². The molecular weight excluding hydrogens is 262 g/mol. The zero-order valence-corrected chi connectivity index (χ0v) is 11.9. The van der Waals surface area contributed by atoms with Crippen molar-refractivity contribution in [3.8, 4) is 5.75 Å². The van der Waals surface area contributed by atoms with Gasteiger partial charge in [-0.2, -0.15) is 5.10 Å². The van der Waals surface area contributed by atoms with Crippen LogP contribution in [0.1, 0.15) is 23.7 Å². The third kappa shape index (κ3) is 3.49. The number of aromatic nitrogens is 2. The Kier molecular flexibility index (Phi) is 4.45. The van der Waals surface area contributed by atoms with E-state index in [9.17, 15) is 5.11 Å². The van der Waals surface area contributed by atoms with Gasteiger partial charge >= 0.3 is 0 Å². The lowest BCUT2D eigenvalue weighted by Crippen LogP contribution is -2.13. The maximum Gasteiger partial charge on any atom is 0.134 e. The molecule has 0 bridgehead atoms. The van der Waals surface area contributed by atoms with E-state index < -0.39 is 0 Å². The summed E-state index contributed by atoms with van der Waals surface area (Å²) in [5, 5.41) is 17.5. The molecule has 0 spiro atoms. The molecule has 1 aromatic heterocycles. The average molecular weight is 280 g/mol. The first-order valence-electron chi connectivity index (χ1n) is 6.29. The van der Waals surface area contributed by atoms with Gasteiger partial charge in [-0.05, 0) is 24.1 Å². The Hall–Kier alpha value is -1.52. The van der Waals surface area contributed by atoms with Gasteiger partial charge in [0.2, 0.25) is 0 Å². The number of benzene rings is 1. The summed E-state index contributed by atoms with van der Waals surface area (Å²) in [5.41, 5.74) is 3.39. The van der Waals surface area contributed by atoms with Crippen molar-refractivity contribution in [2.24, 2.45) is 7.05 Å². The summed E-state index contributed by atoms with van der Waals surface area (Å²) in [7, 11) is 1.93. The largest absolute Gasteiger partial charge is 0.506 e. The van der Waals surface area contributed by atoms with Crippen LogP contribution in [0, 0.1) is 0 Å². The standard InChI is InChI=1S/C14H18ClN3O/c1-3-13-11(9-18(2)17-13)8-16-7-10-4-5-14(19)12(15)6-10/h4-6,9,16,19H,3,7-8H2,1-2H3. The molecule has 1 aromatic carbocycles. The zero-order valence-electron chi connectivity index (χ0n) is 11.2. The number of nitrogens with zero attached hydrogens (tertiary/aromatic N) is 2. The second-order valence-corrected chi connectivity index (χ2v) is 4.92. The molecule has 0 fully saturated rings. The Morgan fingerprint density at radius 1 is 1.37 bits per heavy atom. The molecule has 0 saturated heterocycles. The van der Waals surface area contributed by atoms with E-state index >= 15 is 0 Å². The highest BCUT2D eigenvalue weighted by atomic mass is 35.5. The molecule has 19 heavy (non-hydrogen) atoms. The highest BCUT2D eigenvalue weighted by Crippen LogP contribution is 2.23. The van der Waals surface area contributed by atoms with E-state index in [0.29, 0.717) is 11.6 Å². The number of rotatable bonds is 5. The normalized spacial score (nSPS) is 10.9. The topological polar surface area (TPSA) is 50.1 Å². The van der Waals surface area contributed by atoms with Crippen LogP contribution in [0.2, 0.25) is 5.02 Å². The molecule has 102 valence electrons. The lowest BCUT2D eigenvalue weighted by Gasteiger charge is -2.06. The number of aromatic hydroxyl groups is 1. The van der Waals surface area contributed by atoms with Gasteiger partial charge in [0, 0.05) is 31.9 Å². The maximum absolute atomic E-state index is 9.35. The molecule has 2 N–H and O–H groups in total. The van der Waals surface area contributed by atoms with Crippen LogP contribution in [0.3, 0.4) is 0 Å². The number of aryl methyl sites for hydroxylation is 2. The number of halogens is 1. The van der Waals surface area contributed by atoms with E-state index in [2.05, 4.69) is 17.3 Å². The SMILES string of the molecule is CCc1nn(C)cc1CNCc1ccc(O)c(Cl)c1. The smallest absolute Gasteiger partial charge is 0.134 e. The summed E-state index contributed by atoms with van der Waals surface area (Å²) < 4.78 is 1.84. The van der Waals surface area contributed by atoms with E-state index in [-0.39, 0.29) is 5.75 Å². The second-order valence-electron chi connectivity index (χ2n) is 4.52. The Morgan fingerprint density at radius 2 is 2.16 bits per heavy atom. The number of nitrogens with one attached hydrogen (secondary N) is 1. The second kappa shape index (κ2) is 6.08. The van der Waals surface area contributed by atoms with Crippen LogP contribution in [0.25, 0.3) is 0 Å². The molecule has 0 aliphatic rings. The zero-order chi connectivity index (χ0) is 13.8. The molecule has 5 heteroatoms. The predicted molar refractivity (Wildman–Crippen MR) is 76.2 cm³/mol. The molecular formula is C14H18ClN3O. The van der Waals surface area contributed by atoms with Crippen LogP contribution >= 0.6 is 11.6 Å². The van der Waals surface area contributed by atoms with Crippen LogP contribution in [-0.2, 0) is 26.6 Å². The van der Waals surface area contributed by atoms with Crippen LogP contribution in [-0.4, -0.2) is 14.9 Å². The van der Waals surface area contributed by atoms with E-state index in [1.807, 2.05) is 24.0 Å². The van der Waals surface area contributed by atoms with Crippen molar-refractivity contribution in [2.75, 3.05) is 0 Å². The summed E-state index contributed by atoms with van der Waals surface area (Å²) in [6, 6.07) is 5.24. The highest BCUT2D eigenvalue weighted by Gasteiger charge is 2.05. The van der Waals surface area contributed by atoms with E-state index in [1.54, 1.807) is 12.1 Å². The van der Waals surface area contributed by atoms with Gasteiger partial charge in [-0.1, -0.05) is 24.6 Å². The third-order valence-corrected chi connectivity index (χ3v) is 3.29. The van der Waals surface area contributed by atoms with Crippen LogP contribution in [0.4, 0.5) is 0 Å². The first-order chi connectivity index (χ1) is 9.10. The summed E-state index contributed by atoms with van der Waals surface area (Å²) in [4.78, 5) is 0. The van der Waals surface area contributed by atoms with Crippen LogP contribution in [0.5, 0.6) is 5.75 Å². The predicted octanol–water partition coefficient (Wildman–Crippen LogP) is 2.63. The lowest BCUT2D eigenvalue weighted by atomic mass is 10.2. The van der Waals surface area contributed by atoms with Crippen molar-refractivity contribution >= 4 is 11.6 Å². The number of phenols is 1. The van der Waals surface area contributed by atoms with Crippen molar-refractivity contribution < 1.29 is 5.11 Å². The molecule has 0 aliphatic carbocycles. The summed E-state index contributed by atoms with van der Waals surface area (Å²) >= 11 is 5.87. The monoisotopic (exact) mass is 279 g/mol. The molecule has 0 unspecified atom stereocenters. The molecule has 2 rings (SSSR count). The van der Waals surface area contributed by atoms with Crippen molar-refractivity contribution in [3.63, 3.8) is 0 Å². The summed E-state index contributed by atoms with van der Waals surface area (Å²) in [6.07, 6.45) is 2.97. The Labute approximate surface area is 118 Å².